The van der Waals surface area contributed by atoms with E-state index in [1.807, 2.05) is 36.7 Å². The summed E-state index contributed by atoms with van der Waals surface area (Å²) in [5, 5.41) is 12.8. The zero-order valence-electron chi connectivity index (χ0n) is 16.3. The number of carbonyl (C=O) groups is 2. The quantitative estimate of drug-likeness (QED) is 0.701. The van der Waals surface area contributed by atoms with Crippen LogP contribution >= 0.6 is 11.3 Å². The number of nitrogens with zero attached hydrogens (tertiary/aromatic N) is 2. The highest BCUT2D eigenvalue weighted by Crippen LogP contribution is 2.27. The number of aryl methyl sites for hydroxylation is 1. The standard InChI is InChI=1S/C20H26N4O3S/c1-12-17(28-11-23-12)14-6-4-13(5-7-14)9-22-18(26)16-8-15(25)10-24(16)19(27)20(2,3)21/h4-7,11,15-16,25H,8-10,21H2,1-3H3,(H,22,26)/t15-,16+/m1/s1. The molecule has 2 amide bonds. The molecule has 0 aliphatic carbocycles. The molecule has 2 atom stereocenters. The zero-order chi connectivity index (χ0) is 20.5. The molecule has 1 aliphatic heterocycles. The van der Waals surface area contributed by atoms with E-state index in [4.69, 9.17) is 5.73 Å². The Morgan fingerprint density at radius 2 is 2.04 bits per heavy atom. The summed E-state index contributed by atoms with van der Waals surface area (Å²) < 4.78 is 0. The van der Waals surface area contributed by atoms with Crippen molar-refractivity contribution in [2.45, 2.75) is 51.4 Å². The van der Waals surface area contributed by atoms with Crippen molar-refractivity contribution in [3.8, 4) is 10.4 Å². The lowest BCUT2D eigenvalue weighted by Crippen LogP contribution is -2.55. The number of benzene rings is 1. The van der Waals surface area contributed by atoms with Gasteiger partial charge in [-0.05, 0) is 31.9 Å². The van der Waals surface area contributed by atoms with Crippen molar-refractivity contribution in [3.63, 3.8) is 0 Å². The number of aromatic nitrogens is 1. The Bertz CT molecular complexity index is 857. The number of nitrogens with two attached hydrogens (primary N) is 1. The van der Waals surface area contributed by atoms with Crippen molar-refractivity contribution in [1.29, 1.82) is 0 Å². The number of thiazole rings is 1. The average Bonchev–Trinajstić information content (AvgIpc) is 3.24. The normalized spacial score (nSPS) is 19.7. The van der Waals surface area contributed by atoms with Crippen LogP contribution in [0.25, 0.3) is 10.4 Å². The van der Waals surface area contributed by atoms with E-state index in [-0.39, 0.29) is 24.8 Å². The lowest BCUT2D eigenvalue weighted by Gasteiger charge is -2.29. The van der Waals surface area contributed by atoms with Gasteiger partial charge in [-0.1, -0.05) is 24.3 Å². The Labute approximate surface area is 168 Å². The van der Waals surface area contributed by atoms with Crippen LogP contribution in [-0.2, 0) is 16.1 Å². The number of amides is 2. The molecule has 0 saturated carbocycles. The van der Waals surface area contributed by atoms with Crippen LogP contribution < -0.4 is 11.1 Å². The molecular weight excluding hydrogens is 376 g/mol. The summed E-state index contributed by atoms with van der Waals surface area (Å²) in [6.45, 7) is 5.65. The van der Waals surface area contributed by atoms with Crippen molar-refractivity contribution in [2.75, 3.05) is 6.54 Å². The van der Waals surface area contributed by atoms with Crippen molar-refractivity contribution >= 4 is 23.2 Å². The number of aliphatic hydroxyl groups excluding tert-OH is 1. The minimum absolute atomic E-state index is 0.125. The maximum Gasteiger partial charge on any atom is 0.243 e. The third kappa shape index (κ3) is 4.40. The molecule has 1 aromatic heterocycles. The average molecular weight is 403 g/mol. The smallest absolute Gasteiger partial charge is 0.243 e. The largest absolute Gasteiger partial charge is 0.391 e. The number of hydrogen-bond donors (Lipinski definition) is 3. The summed E-state index contributed by atoms with van der Waals surface area (Å²) >= 11 is 1.60. The van der Waals surface area contributed by atoms with Crippen LogP contribution in [0.2, 0.25) is 0 Å². The minimum Gasteiger partial charge on any atom is -0.391 e. The molecule has 0 radical (unpaired) electrons. The van der Waals surface area contributed by atoms with Gasteiger partial charge in [-0.2, -0.15) is 0 Å². The SMILES string of the molecule is Cc1ncsc1-c1ccc(CNC(=O)[C@@H]2C[C@@H](O)CN2C(=O)C(C)(C)N)cc1. The molecule has 3 rings (SSSR count). The number of rotatable bonds is 5. The minimum atomic E-state index is -1.09. The fraction of sp³-hybridized carbons (Fsp3) is 0.450. The van der Waals surface area contributed by atoms with Gasteiger partial charge in [0.1, 0.15) is 6.04 Å². The van der Waals surface area contributed by atoms with E-state index in [9.17, 15) is 14.7 Å². The van der Waals surface area contributed by atoms with E-state index >= 15 is 0 Å². The molecule has 1 fully saturated rings. The number of aliphatic hydroxyl groups is 1. The highest BCUT2D eigenvalue weighted by atomic mass is 32.1. The number of carbonyl (C=O) groups excluding carboxylic acids is 2. The van der Waals surface area contributed by atoms with Crippen LogP contribution in [-0.4, -0.2) is 51.0 Å². The molecular formula is C20H26N4O3S. The Kier molecular flexibility index (Phi) is 5.83. The number of likely N-dealkylation sites (tertiary alicyclic amines) is 1. The van der Waals surface area contributed by atoms with Crippen molar-refractivity contribution in [3.05, 3.63) is 41.0 Å². The third-order valence-corrected chi connectivity index (χ3v) is 5.80. The topological polar surface area (TPSA) is 109 Å². The van der Waals surface area contributed by atoms with E-state index in [2.05, 4.69) is 10.3 Å². The number of nitrogens with one attached hydrogen (secondary N) is 1. The maximum atomic E-state index is 12.6. The van der Waals surface area contributed by atoms with Crippen LogP contribution in [0.1, 0.15) is 31.5 Å². The van der Waals surface area contributed by atoms with Crippen molar-refractivity contribution in [1.82, 2.24) is 15.2 Å². The molecule has 2 heterocycles. The van der Waals surface area contributed by atoms with Crippen LogP contribution in [0.5, 0.6) is 0 Å². The first-order valence-electron chi connectivity index (χ1n) is 9.22. The lowest BCUT2D eigenvalue weighted by molar-refractivity contribution is -0.141. The predicted molar refractivity (Wildman–Crippen MR) is 109 cm³/mol. The summed E-state index contributed by atoms with van der Waals surface area (Å²) in [6.07, 6.45) is -0.499. The van der Waals surface area contributed by atoms with Crippen LogP contribution in [0.3, 0.4) is 0 Å². The van der Waals surface area contributed by atoms with Gasteiger partial charge in [0.15, 0.2) is 0 Å². The van der Waals surface area contributed by atoms with E-state index in [0.717, 1.165) is 21.7 Å². The van der Waals surface area contributed by atoms with E-state index in [0.29, 0.717) is 6.54 Å². The Hall–Kier alpha value is -2.29. The van der Waals surface area contributed by atoms with Crippen LogP contribution in [0.4, 0.5) is 0 Å². The molecule has 7 nitrogen and oxygen atoms in total. The highest BCUT2D eigenvalue weighted by Gasteiger charge is 2.42. The molecule has 0 bridgehead atoms. The van der Waals surface area contributed by atoms with Crippen LogP contribution in [0, 0.1) is 6.92 Å². The fourth-order valence-corrected chi connectivity index (χ4v) is 4.13. The molecule has 2 aromatic rings. The first kappa shape index (κ1) is 20.4. The van der Waals surface area contributed by atoms with Crippen LogP contribution in [0.15, 0.2) is 29.8 Å². The maximum absolute atomic E-state index is 12.6. The Balaban J connectivity index is 1.63. The predicted octanol–water partition coefficient (Wildman–Crippen LogP) is 1.43. The summed E-state index contributed by atoms with van der Waals surface area (Å²) in [4.78, 5) is 31.9. The molecule has 0 spiro atoms. The van der Waals surface area contributed by atoms with Gasteiger partial charge in [0.05, 0.1) is 27.7 Å². The van der Waals surface area contributed by atoms with Gasteiger partial charge in [-0.25, -0.2) is 4.98 Å². The molecule has 0 unspecified atom stereocenters. The zero-order valence-corrected chi connectivity index (χ0v) is 17.1. The van der Waals surface area contributed by atoms with Gasteiger partial charge in [0.25, 0.3) is 0 Å². The number of hydrogen-bond acceptors (Lipinski definition) is 6. The van der Waals surface area contributed by atoms with E-state index in [1.54, 1.807) is 25.2 Å². The van der Waals surface area contributed by atoms with Gasteiger partial charge >= 0.3 is 0 Å². The Morgan fingerprint density at radius 3 is 2.61 bits per heavy atom. The van der Waals surface area contributed by atoms with Gasteiger partial charge in [-0.3, -0.25) is 9.59 Å². The highest BCUT2D eigenvalue weighted by molar-refractivity contribution is 7.13. The number of β-amino-alcohol motifs (C(OH)–C–C–N with tert-alkyl or cyclic N) is 1. The summed E-state index contributed by atoms with van der Waals surface area (Å²) in [5.74, 6) is -0.620. The molecule has 4 N–H and O–H groups in total. The monoisotopic (exact) mass is 402 g/mol. The third-order valence-electron chi connectivity index (χ3n) is 4.82. The van der Waals surface area contributed by atoms with Gasteiger partial charge < -0.3 is 21.1 Å². The molecule has 150 valence electrons. The van der Waals surface area contributed by atoms with E-state index in [1.165, 1.54) is 4.90 Å². The fourth-order valence-electron chi connectivity index (χ4n) is 3.32. The first-order valence-corrected chi connectivity index (χ1v) is 10.1. The molecule has 1 aliphatic rings. The summed E-state index contributed by atoms with van der Waals surface area (Å²) in [6, 6.07) is 7.24. The second kappa shape index (κ2) is 7.98. The summed E-state index contributed by atoms with van der Waals surface area (Å²) in [5.41, 5.74) is 9.67. The van der Waals surface area contributed by atoms with Gasteiger partial charge in [0, 0.05) is 19.5 Å². The molecule has 28 heavy (non-hydrogen) atoms. The second-order valence-electron chi connectivity index (χ2n) is 7.77. The molecule has 1 aromatic carbocycles. The molecule has 1 saturated heterocycles. The van der Waals surface area contributed by atoms with Gasteiger partial charge in [0.2, 0.25) is 11.8 Å². The first-order chi connectivity index (χ1) is 13.2. The molecule has 8 heteroatoms. The second-order valence-corrected chi connectivity index (χ2v) is 8.62. The lowest BCUT2D eigenvalue weighted by atomic mass is 10.0. The van der Waals surface area contributed by atoms with Gasteiger partial charge in [-0.15, -0.1) is 11.3 Å². The van der Waals surface area contributed by atoms with Crippen molar-refractivity contribution in [2.24, 2.45) is 5.73 Å². The van der Waals surface area contributed by atoms with E-state index < -0.39 is 17.7 Å². The summed E-state index contributed by atoms with van der Waals surface area (Å²) in [7, 11) is 0. The Morgan fingerprint density at radius 1 is 1.36 bits per heavy atom. The van der Waals surface area contributed by atoms with Crippen molar-refractivity contribution < 1.29 is 14.7 Å².